The van der Waals surface area contributed by atoms with Crippen molar-refractivity contribution >= 4 is 17.1 Å². The van der Waals surface area contributed by atoms with Gasteiger partial charge >= 0.3 is 0 Å². The number of rotatable bonds is 3. The third-order valence-electron chi connectivity index (χ3n) is 13.3. The first kappa shape index (κ1) is 31.7. The van der Waals surface area contributed by atoms with Crippen molar-refractivity contribution in [3.8, 4) is 44.9 Å². The van der Waals surface area contributed by atoms with Crippen molar-refractivity contribution in [1.29, 1.82) is 0 Å². The van der Waals surface area contributed by atoms with E-state index in [1.165, 1.54) is 77.9 Å². The third kappa shape index (κ3) is 3.82. The highest BCUT2D eigenvalue weighted by Gasteiger charge is 2.53. The first-order valence-electron chi connectivity index (χ1n) is 20.2. The molecular weight excluding hydrogens is 703 g/mol. The van der Waals surface area contributed by atoms with E-state index in [1.807, 2.05) is 0 Å². The number of hydrogen-bond donors (Lipinski definition) is 0. The highest BCUT2D eigenvalue weighted by molar-refractivity contribution is 6.00. The predicted octanol–water partition coefficient (Wildman–Crippen LogP) is 14.0. The quantitative estimate of drug-likeness (QED) is 0.179. The Hall–Kier alpha value is -7.42. The van der Waals surface area contributed by atoms with Crippen molar-refractivity contribution < 1.29 is 4.74 Å². The van der Waals surface area contributed by atoms with Crippen LogP contribution in [0.25, 0.3) is 33.4 Å². The summed E-state index contributed by atoms with van der Waals surface area (Å²) >= 11 is 0. The molecule has 1 aliphatic heterocycles. The Bertz CT molecular complexity index is 3090. The number of fused-ring (bicyclic) bond motifs is 19. The van der Waals surface area contributed by atoms with Crippen LogP contribution < -0.4 is 9.64 Å². The summed E-state index contributed by atoms with van der Waals surface area (Å²) in [7, 11) is 0. The molecule has 0 bridgehead atoms. The van der Waals surface area contributed by atoms with Gasteiger partial charge < -0.3 is 9.64 Å². The van der Waals surface area contributed by atoms with Crippen LogP contribution in [0.3, 0.4) is 0 Å². The van der Waals surface area contributed by atoms with Crippen LogP contribution in [0, 0.1) is 0 Å². The van der Waals surface area contributed by atoms with Gasteiger partial charge in [-0.05, 0) is 104 Å². The minimum atomic E-state index is -0.553. The number of nitrogens with zero attached hydrogens (tertiary/aromatic N) is 1. The van der Waals surface area contributed by atoms with Gasteiger partial charge in [-0.1, -0.05) is 170 Å². The highest BCUT2D eigenvalue weighted by Crippen LogP contribution is 2.66. The summed E-state index contributed by atoms with van der Waals surface area (Å²) in [4.78, 5) is 2.48. The number of para-hydroxylation sites is 3. The molecule has 0 fully saturated rings. The average molecular weight is 738 g/mol. The Balaban J connectivity index is 1.09. The molecule has 270 valence electrons. The van der Waals surface area contributed by atoms with E-state index in [2.05, 4.69) is 217 Å². The molecule has 0 unspecified atom stereocenters. The van der Waals surface area contributed by atoms with Crippen LogP contribution in [-0.4, -0.2) is 0 Å². The van der Waals surface area contributed by atoms with Gasteiger partial charge in [-0.3, -0.25) is 0 Å². The number of ether oxygens (including phenoxy) is 1. The minimum Gasteiger partial charge on any atom is -0.457 e. The van der Waals surface area contributed by atoms with E-state index in [0.29, 0.717) is 0 Å². The van der Waals surface area contributed by atoms with Gasteiger partial charge in [0.05, 0.1) is 16.5 Å². The molecule has 0 saturated carbocycles. The third-order valence-corrected chi connectivity index (χ3v) is 13.3. The minimum absolute atomic E-state index is 0.391. The molecule has 9 aromatic carbocycles. The van der Waals surface area contributed by atoms with Crippen LogP contribution in [0.1, 0.15) is 44.5 Å². The number of anilines is 3. The van der Waals surface area contributed by atoms with E-state index < -0.39 is 10.8 Å². The molecule has 0 atom stereocenters. The molecule has 0 amide bonds. The van der Waals surface area contributed by atoms with Crippen molar-refractivity contribution in [1.82, 2.24) is 0 Å². The first-order chi connectivity index (χ1) is 28.8. The molecule has 2 spiro atoms. The normalized spacial score (nSPS) is 14.6. The molecular formula is C56H35NO. The van der Waals surface area contributed by atoms with Crippen molar-refractivity contribution in [3.63, 3.8) is 0 Å². The average Bonchev–Trinajstić information content (AvgIpc) is 3.88. The van der Waals surface area contributed by atoms with Gasteiger partial charge in [0.25, 0.3) is 0 Å². The smallest absolute Gasteiger partial charge is 0.132 e. The van der Waals surface area contributed by atoms with Gasteiger partial charge in [-0.15, -0.1) is 0 Å². The molecule has 13 rings (SSSR count). The standard InChI is InChI=1S/C56H35NO/c1-2-17-36(18-3-1)57(37-33-34-47-42(35-37)40-21-6-10-25-45(40)55(47)43-23-8-4-19-38(43)39-20-5-9-24-44(39)55)51-30-16-29-50-54(51)41-22-7-11-26-46(41)56(50)48-27-12-14-31-52(48)58-53-32-15-13-28-49(53)56/h1-35H. The summed E-state index contributed by atoms with van der Waals surface area (Å²) in [6.45, 7) is 0. The maximum atomic E-state index is 6.66. The fraction of sp³-hybridized carbons (Fsp3) is 0.0357. The summed E-state index contributed by atoms with van der Waals surface area (Å²) in [5.74, 6) is 1.80. The van der Waals surface area contributed by atoms with Gasteiger partial charge in [0, 0.05) is 28.1 Å². The van der Waals surface area contributed by atoms with Crippen molar-refractivity contribution in [2.75, 3.05) is 4.90 Å². The second-order valence-electron chi connectivity index (χ2n) is 15.9. The van der Waals surface area contributed by atoms with Gasteiger partial charge in [-0.2, -0.15) is 0 Å². The lowest BCUT2D eigenvalue weighted by Gasteiger charge is -2.39. The van der Waals surface area contributed by atoms with Crippen LogP contribution in [0.15, 0.2) is 212 Å². The largest absolute Gasteiger partial charge is 0.457 e. The van der Waals surface area contributed by atoms with E-state index in [-0.39, 0.29) is 0 Å². The van der Waals surface area contributed by atoms with Crippen LogP contribution >= 0.6 is 0 Å². The van der Waals surface area contributed by atoms with Crippen LogP contribution in [0.5, 0.6) is 11.5 Å². The van der Waals surface area contributed by atoms with Crippen molar-refractivity contribution in [2.24, 2.45) is 0 Å². The fourth-order valence-corrected chi connectivity index (χ4v) is 11.3. The second-order valence-corrected chi connectivity index (χ2v) is 15.9. The fourth-order valence-electron chi connectivity index (χ4n) is 11.3. The highest BCUT2D eigenvalue weighted by atomic mass is 16.5. The van der Waals surface area contributed by atoms with Crippen LogP contribution in [0.4, 0.5) is 17.1 Å². The zero-order valence-electron chi connectivity index (χ0n) is 31.6. The SMILES string of the molecule is c1ccc(N(c2ccc3c(c2)-c2ccccc2C32c3ccccc3-c3ccccc32)c2cccc3c2-c2ccccc2C32c3ccccc3Oc3ccccc32)cc1. The topological polar surface area (TPSA) is 12.5 Å². The Morgan fingerprint density at radius 2 is 0.724 bits per heavy atom. The number of benzene rings is 9. The molecule has 0 radical (unpaired) electrons. The Labute approximate surface area is 337 Å². The Kier molecular flexibility index (Phi) is 6.33. The second kappa shape index (κ2) is 11.6. The molecule has 4 aliphatic rings. The van der Waals surface area contributed by atoms with E-state index in [4.69, 9.17) is 4.74 Å². The van der Waals surface area contributed by atoms with Crippen LogP contribution in [-0.2, 0) is 10.8 Å². The molecule has 2 nitrogen and oxygen atoms in total. The molecule has 9 aromatic rings. The van der Waals surface area contributed by atoms with Gasteiger partial charge in [0.2, 0.25) is 0 Å². The van der Waals surface area contributed by atoms with Crippen molar-refractivity contribution in [2.45, 2.75) is 10.8 Å². The molecule has 0 saturated heterocycles. The summed E-state index contributed by atoms with van der Waals surface area (Å²) in [6, 6.07) is 78.4. The molecule has 58 heavy (non-hydrogen) atoms. The summed E-state index contributed by atoms with van der Waals surface area (Å²) in [5, 5.41) is 0. The monoisotopic (exact) mass is 737 g/mol. The lowest BCUT2D eigenvalue weighted by molar-refractivity contribution is 0.436. The predicted molar refractivity (Wildman–Crippen MR) is 235 cm³/mol. The lowest BCUT2D eigenvalue weighted by Crippen LogP contribution is -2.32. The van der Waals surface area contributed by atoms with E-state index in [1.54, 1.807) is 0 Å². The Morgan fingerprint density at radius 3 is 1.33 bits per heavy atom. The Morgan fingerprint density at radius 1 is 0.293 bits per heavy atom. The number of hydrogen-bond acceptors (Lipinski definition) is 2. The molecule has 2 heteroatoms. The summed E-state index contributed by atoms with van der Waals surface area (Å²) < 4.78 is 6.66. The van der Waals surface area contributed by atoms with E-state index >= 15 is 0 Å². The molecule has 0 N–H and O–H groups in total. The zero-order chi connectivity index (χ0) is 38.0. The summed E-state index contributed by atoms with van der Waals surface area (Å²) in [6.07, 6.45) is 0. The molecule has 0 aromatic heterocycles. The zero-order valence-corrected chi connectivity index (χ0v) is 31.6. The van der Waals surface area contributed by atoms with Gasteiger partial charge in [0.15, 0.2) is 0 Å². The van der Waals surface area contributed by atoms with Crippen molar-refractivity contribution in [3.05, 3.63) is 257 Å². The van der Waals surface area contributed by atoms with Gasteiger partial charge in [0.1, 0.15) is 11.5 Å². The van der Waals surface area contributed by atoms with E-state index in [0.717, 1.165) is 28.6 Å². The molecule has 1 heterocycles. The molecule has 3 aliphatic carbocycles. The summed E-state index contributed by atoms with van der Waals surface area (Å²) in [5.41, 5.74) is 20.4. The van der Waals surface area contributed by atoms with Gasteiger partial charge in [-0.25, -0.2) is 0 Å². The first-order valence-corrected chi connectivity index (χ1v) is 20.2. The van der Waals surface area contributed by atoms with Crippen LogP contribution in [0.2, 0.25) is 0 Å². The maximum absolute atomic E-state index is 6.66. The maximum Gasteiger partial charge on any atom is 0.132 e. The lowest BCUT2D eigenvalue weighted by atomic mass is 9.66. The van der Waals surface area contributed by atoms with E-state index in [9.17, 15) is 0 Å².